The predicted octanol–water partition coefficient (Wildman–Crippen LogP) is 2.89. The summed E-state index contributed by atoms with van der Waals surface area (Å²) >= 11 is 0. The van der Waals surface area contributed by atoms with E-state index in [0.717, 1.165) is 45.1 Å². The Morgan fingerprint density at radius 2 is 1.36 bits per heavy atom. The van der Waals surface area contributed by atoms with Gasteiger partial charge in [-0.2, -0.15) is 0 Å². The summed E-state index contributed by atoms with van der Waals surface area (Å²) in [6, 6.07) is 0. The maximum Gasteiger partial charge on any atom is 0.184 e. The summed E-state index contributed by atoms with van der Waals surface area (Å²) in [6.07, 6.45) is 4.41. The van der Waals surface area contributed by atoms with Crippen LogP contribution in [-0.4, -0.2) is 56.1 Å². The van der Waals surface area contributed by atoms with Crippen molar-refractivity contribution in [3.63, 3.8) is 0 Å². The number of aliphatic hydroxyl groups is 1. The van der Waals surface area contributed by atoms with E-state index in [9.17, 15) is 5.11 Å². The highest BCUT2D eigenvalue weighted by Gasteiger charge is 2.45. The Hall–Kier alpha value is -0.200. The zero-order chi connectivity index (χ0) is 16.2. The number of ether oxygens (including phenoxy) is 4. The summed E-state index contributed by atoms with van der Waals surface area (Å²) in [5.41, 5.74) is 0. The van der Waals surface area contributed by atoms with Gasteiger partial charge in [0, 0.05) is 19.8 Å². The second-order valence-corrected chi connectivity index (χ2v) is 5.87. The van der Waals surface area contributed by atoms with Gasteiger partial charge in [-0.15, -0.1) is 0 Å². The summed E-state index contributed by atoms with van der Waals surface area (Å²) in [5, 5.41) is 10.1. The first kappa shape index (κ1) is 19.8. The molecule has 1 N–H and O–H groups in total. The molecule has 0 bridgehead atoms. The van der Waals surface area contributed by atoms with Crippen LogP contribution in [0.1, 0.15) is 59.3 Å². The maximum absolute atomic E-state index is 10.1. The lowest BCUT2D eigenvalue weighted by Gasteiger charge is -2.23. The number of hydrogen-bond acceptors (Lipinski definition) is 5. The van der Waals surface area contributed by atoms with Gasteiger partial charge in [0.05, 0.1) is 6.61 Å². The van der Waals surface area contributed by atoms with Gasteiger partial charge < -0.3 is 24.1 Å². The monoisotopic (exact) mass is 318 g/mol. The Kier molecular flexibility index (Phi) is 11.1. The van der Waals surface area contributed by atoms with Crippen molar-refractivity contribution in [2.24, 2.45) is 0 Å². The fourth-order valence-electron chi connectivity index (χ4n) is 2.39. The normalized spacial score (nSPS) is 28.4. The number of rotatable bonds is 13. The van der Waals surface area contributed by atoms with E-state index in [1.54, 1.807) is 0 Å². The molecular weight excluding hydrogens is 284 g/mol. The quantitative estimate of drug-likeness (QED) is 0.529. The van der Waals surface area contributed by atoms with Crippen molar-refractivity contribution in [3.05, 3.63) is 0 Å². The summed E-state index contributed by atoms with van der Waals surface area (Å²) in [4.78, 5) is 0. The molecule has 1 aliphatic rings. The minimum atomic E-state index is -0.928. The van der Waals surface area contributed by atoms with Crippen LogP contribution >= 0.6 is 0 Å². The van der Waals surface area contributed by atoms with Gasteiger partial charge in [0.2, 0.25) is 0 Å². The van der Waals surface area contributed by atoms with E-state index in [0.29, 0.717) is 19.8 Å². The van der Waals surface area contributed by atoms with Crippen molar-refractivity contribution in [1.82, 2.24) is 0 Å². The number of unbranched alkanes of at least 4 members (excludes halogenated alkanes) is 3. The highest BCUT2D eigenvalue weighted by atomic mass is 16.7. The van der Waals surface area contributed by atoms with Crippen LogP contribution in [0.4, 0.5) is 0 Å². The van der Waals surface area contributed by atoms with Crippen LogP contribution in [0, 0.1) is 0 Å². The van der Waals surface area contributed by atoms with Crippen LogP contribution in [-0.2, 0) is 18.9 Å². The lowest BCUT2D eigenvalue weighted by Crippen LogP contribution is -2.39. The lowest BCUT2D eigenvalue weighted by atomic mass is 10.1. The molecule has 132 valence electrons. The zero-order valence-corrected chi connectivity index (χ0v) is 14.5. The minimum absolute atomic E-state index is 0.250. The second-order valence-electron chi connectivity index (χ2n) is 5.87. The van der Waals surface area contributed by atoms with Gasteiger partial charge in [0.15, 0.2) is 6.29 Å². The van der Waals surface area contributed by atoms with Crippen molar-refractivity contribution in [2.75, 3.05) is 26.4 Å². The first-order valence-electron chi connectivity index (χ1n) is 8.89. The van der Waals surface area contributed by atoms with Gasteiger partial charge in [-0.05, 0) is 19.3 Å². The summed E-state index contributed by atoms with van der Waals surface area (Å²) < 4.78 is 23.0. The van der Waals surface area contributed by atoms with E-state index in [1.165, 1.54) is 0 Å². The van der Waals surface area contributed by atoms with E-state index in [-0.39, 0.29) is 12.2 Å². The Labute approximate surface area is 135 Å². The molecule has 1 aliphatic heterocycles. The van der Waals surface area contributed by atoms with Gasteiger partial charge in [0.1, 0.15) is 18.3 Å². The molecule has 1 fully saturated rings. The summed E-state index contributed by atoms with van der Waals surface area (Å²) in [7, 11) is 0. The molecule has 0 aliphatic carbocycles. The summed E-state index contributed by atoms with van der Waals surface area (Å²) in [6.45, 7) is 8.83. The SMILES string of the molecule is CCCCOCC1OC(O)C(OCCCC)C1OCCCC. The Morgan fingerprint density at radius 3 is 1.95 bits per heavy atom. The molecular formula is C17H34O5. The molecule has 0 aromatic rings. The molecule has 0 amide bonds. The van der Waals surface area contributed by atoms with Crippen molar-refractivity contribution in [3.8, 4) is 0 Å². The lowest BCUT2D eigenvalue weighted by molar-refractivity contribution is -0.150. The van der Waals surface area contributed by atoms with Gasteiger partial charge in [-0.3, -0.25) is 0 Å². The Bertz CT molecular complexity index is 261. The molecule has 5 heteroatoms. The molecule has 5 nitrogen and oxygen atoms in total. The van der Waals surface area contributed by atoms with Crippen LogP contribution in [0.5, 0.6) is 0 Å². The van der Waals surface area contributed by atoms with E-state index in [2.05, 4.69) is 20.8 Å². The van der Waals surface area contributed by atoms with Crippen LogP contribution in [0.15, 0.2) is 0 Å². The highest BCUT2D eigenvalue weighted by molar-refractivity contribution is 4.89. The molecule has 0 radical (unpaired) electrons. The highest BCUT2D eigenvalue weighted by Crippen LogP contribution is 2.26. The molecule has 4 atom stereocenters. The molecule has 22 heavy (non-hydrogen) atoms. The van der Waals surface area contributed by atoms with Gasteiger partial charge in [-0.25, -0.2) is 0 Å². The standard InChI is InChI=1S/C17H34O5/c1-4-7-10-19-13-14-15(20-11-8-5-2)16(17(18)22-14)21-12-9-6-3/h14-18H,4-13H2,1-3H3. The van der Waals surface area contributed by atoms with Crippen LogP contribution in [0.25, 0.3) is 0 Å². The maximum atomic E-state index is 10.1. The van der Waals surface area contributed by atoms with E-state index < -0.39 is 12.4 Å². The van der Waals surface area contributed by atoms with Crippen molar-refractivity contribution in [2.45, 2.75) is 83.9 Å². The molecule has 0 saturated carbocycles. The predicted molar refractivity (Wildman–Crippen MR) is 85.9 cm³/mol. The zero-order valence-electron chi connectivity index (χ0n) is 14.5. The third-order valence-electron chi connectivity index (χ3n) is 3.83. The largest absolute Gasteiger partial charge is 0.379 e. The smallest absolute Gasteiger partial charge is 0.184 e. The average Bonchev–Trinajstić information content (AvgIpc) is 2.80. The number of hydrogen-bond donors (Lipinski definition) is 1. The topological polar surface area (TPSA) is 57.2 Å². The van der Waals surface area contributed by atoms with Crippen molar-refractivity contribution in [1.29, 1.82) is 0 Å². The molecule has 0 aromatic carbocycles. The third-order valence-corrected chi connectivity index (χ3v) is 3.83. The fourth-order valence-corrected chi connectivity index (χ4v) is 2.39. The van der Waals surface area contributed by atoms with Crippen molar-refractivity contribution >= 4 is 0 Å². The van der Waals surface area contributed by atoms with E-state index in [1.807, 2.05) is 0 Å². The second kappa shape index (κ2) is 12.3. The van der Waals surface area contributed by atoms with Crippen LogP contribution in [0.3, 0.4) is 0 Å². The number of aliphatic hydroxyl groups excluding tert-OH is 1. The minimum Gasteiger partial charge on any atom is -0.379 e. The third kappa shape index (κ3) is 6.92. The van der Waals surface area contributed by atoms with Gasteiger partial charge >= 0.3 is 0 Å². The average molecular weight is 318 g/mol. The molecule has 1 saturated heterocycles. The molecule has 0 aromatic heterocycles. The van der Waals surface area contributed by atoms with E-state index in [4.69, 9.17) is 18.9 Å². The van der Waals surface area contributed by atoms with E-state index >= 15 is 0 Å². The first-order chi connectivity index (χ1) is 10.7. The molecule has 1 rings (SSSR count). The molecule has 1 heterocycles. The van der Waals surface area contributed by atoms with Crippen LogP contribution in [0.2, 0.25) is 0 Å². The Morgan fingerprint density at radius 1 is 0.818 bits per heavy atom. The molecule has 0 spiro atoms. The van der Waals surface area contributed by atoms with Crippen molar-refractivity contribution < 1.29 is 24.1 Å². The fraction of sp³-hybridized carbons (Fsp3) is 1.00. The first-order valence-corrected chi connectivity index (χ1v) is 8.89. The summed E-state index contributed by atoms with van der Waals surface area (Å²) in [5.74, 6) is 0. The van der Waals surface area contributed by atoms with Crippen LogP contribution < -0.4 is 0 Å². The van der Waals surface area contributed by atoms with Gasteiger partial charge in [-0.1, -0.05) is 40.0 Å². The Balaban J connectivity index is 2.48. The molecule has 4 unspecified atom stereocenters. The van der Waals surface area contributed by atoms with Gasteiger partial charge in [0.25, 0.3) is 0 Å².